The molecule has 1 N–H and O–H groups in total. The SMILES string of the molecule is [13CH3]C1CCCC([13CH3])[15N]1C[13C](=O)[15NH][13CH2]CC(=O)ON1C(=O)CCC1=O. The first kappa shape index (κ1) is 18.4. The minimum atomic E-state index is -0.710. The highest BCUT2D eigenvalue weighted by Gasteiger charge is 2.32. The predicted molar refractivity (Wildman–Crippen MR) is 84.3 cm³/mol. The molecule has 24 heavy (non-hydrogen) atoms. The van der Waals surface area contributed by atoms with Crippen LogP contribution in [-0.4, -0.2) is 58.8 Å². The molecule has 2 heterocycles. The predicted octanol–water partition coefficient (Wildman–Crippen LogP) is 0.363. The third-order valence-corrected chi connectivity index (χ3v) is 4.55. The Balaban J connectivity index is 1.67. The number of piperidine rings is 1. The summed E-state index contributed by atoms with van der Waals surface area (Å²) < 4.78 is 0. The number of imide groups is 1. The van der Waals surface area contributed by atoms with Crippen molar-refractivity contribution in [1.29, 1.82) is 0 Å². The summed E-state index contributed by atoms with van der Waals surface area (Å²) in [6, 6.07) is 0.744. The van der Waals surface area contributed by atoms with Crippen LogP contribution in [0.3, 0.4) is 0 Å². The van der Waals surface area contributed by atoms with Gasteiger partial charge in [-0.1, -0.05) is 6.42 Å². The minimum Gasteiger partial charge on any atom is -0.354 e. The second kappa shape index (κ2) is 8.23. The Labute approximate surface area is 141 Å². The van der Waals surface area contributed by atoms with Crippen LogP contribution in [0.15, 0.2) is 0 Å². The van der Waals surface area contributed by atoms with Gasteiger partial charge in [0, 0.05) is 31.5 Å². The molecule has 0 aromatic rings. The van der Waals surface area contributed by atoms with Gasteiger partial charge < -0.3 is 10.2 Å². The van der Waals surface area contributed by atoms with Crippen molar-refractivity contribution in [3.8, 4) is 0 Å². The van der Waals surface area contributed by atoms with Gasteiger partial charge in [0.1, 0.15) is 0 Å². The first-order chi connectivity index (χ1) is 11.4. The van der Waals surface area contributed by atoms with Crippen molar-refractivity contribution in [3.63, 3.8) is 0 Å². The van der Waals surface area contributed by atoms with Crippen LogP contribution in [0.5, 0.6) is 0 Å². The van der Waals surface area contributed by atoms with Crippen molar-refractivity contribution >= 4 is 23.7 Å². The van der Waals surface area contributed by atoms with E-state index < -0.39 is 17.8 Å². The van der Waals surface area contributed by atoms with E-state index in [4.69, 9.17) is 4.84 Å². The monoisotopic (exact) mass is 345 g/mol. The number of rotatable bonds is 6. The molecule has 8 heteroatoms. The lowest BCUT2D eigenvalue weighted by Crippen LogP contribution is -2.48. The number of carbonyl (C=O) groups is 4. The molecule has 0 spiro atoms. The van der Waals surface area contributed by atoms with E-state index in [0.29, 0.717) is 23.7 Å². The average molecular weight is 345 g/mol. The molecule has 3 amide bonds. The molecule has 2 aliphatic rings. The molecule has 134 valence electrons. The van der Waals surface area contributed by atoms with Crippen LogP contribution in [-0.2, 0) is 24.0 Å². The van der Waals surface area contributed by atoms with Crippen LogP contribution in [0.2, 0.25) is 0 Å². The Morgan fingerprint density at radius 3 is 2.29 bits per heavy atom. The number of hydrogen-bond donors (Lipinski definition) is 1. The molecule has 8 nitrogen and oxygen atoms in total. The number of hydroxylamine groups is 2. The van der Waals surface area contributed by atoms with Crippen molar-refractivity contribution in [2.45, 2.75) is 64.5 Å². The zero-order chi connectivity index (χ0) is 17.7. The van der Waals surface area contributed by atoms with Crippen LogP contribution >= 0.6 is 0 Å². The van der Waals surface area contributed by atoms with E-state index in [1.54, 1.807) is 0 Å². The fourth-order valence-corrected chi connectivity index (χ4v) is 3.12. The molecule has 0 radical (unpaired) electrons. The maximum atomic E-state index is 12.0. The highest BCUT2D eigenvalue weighted by molar-refractivity contribution is 6.01. The molecule has 2 aliphatic heterocycles. The summed E-state index contributed by atoms with van der Waals surface area (Å²) in [6.45, 7) is 4.65. The normalized spacial score (nSPS) is 25.0. The van der Waals surface area contributed by atoms with Gasteiger partial charge in [0.2, 0.25) is 5.91 Å². The summed E-state index contributed by atoms with van der Waals surface area (Å²) in [6.07, 6.45) is 3.39. The third-order valence-electron chi connectivity index (χ3n) is 4.55. The molecular formula is C16H25N3O5. The molecule has 0 bridgehead atoms. The summed E-state index contributed by atoms with van der Waals surface area (Å²) in [5.74, 6) is -1.87. The van der Waals surface area contributed by atoms with Gasteiger partial charge >= 0.3 is 5.97 Å². The number of nitrogens with one attached hydrogen (secondary N) is 1. The second-order valence-electron chi connectivity index (χ2n) is 6.45. The molecule has 2 rings (SSSR count). The lowest BCUT2D eigenvalue weighted by Gasteiger charge is -2.38. The molecule has 0 aromatic carbocycles. The Kier molecular flexibility index (Phi) is 6.30. The van der Waals surface area contributed by atoms with Gasteiger partial charge in [-0.2, -0.15) is 0 Å². The lowest BCUT2D eigenvalue weighted by molar-refractivity contribution is -0.197. The topological polar surface area (TPSA) is 96.0 Å². The zero-order valence-electron chi connectivity index (χ0n) is 14.2. The molecule has 0 aromatic heterocycles. The molecule has 2 unspecified atom stereocenters. The van der Waals surface area contributed by atoms with Crippen molar-refractivity contribution in [3.05, 3.63) is 0 Å². The van der Waals surface area contributed by atoms with Crippen molar-refractivity contribution < 1.29 is 24.0 Å². The summed E-state index contributed by atoms with van der Waals surface area (Å²) in [5.41, 5.74) is 0. The molecular weight excluding hydrogens is 320 g/mol. The number of carbonyl (C=O) groups excluding carboxylic acids is 4. The van der Waals surface area contributed by atoms with Crippen LogP contribution in [0.25, 0.3) is 0 Å². The van der Waals surface area contributed by atoms with E-state index in [1.807, 2.05) is 0 Å². The van der Waals surface area contributed by atoms with Crippen molar-refractivity contribution in [1.82, 2.24) is 15.3 Å². The Bertz CT molecular complexity index is 496. The summed E-state index contributed by atoms with van der Waals surface area (Å²) in [7, 11) is 0. The highest BCUT2D eigenvalue weighted by atomic mass is 16.7. The first-order valence-electron chi connectivity index (χ1n) is 8.47. The number of likely N-dealkylation sites (tertiary alicyclic amines) is 1. The van der Waals surface area contributed by atoms with Gasteiger partial charge in [-0.3, -0.25) is 19.3 Å². The molecule has 0 saturated carbocycles. The maximum Gasteiger partial charge on any atom is 0.334 e. The van der Waals surface area contributed by atoms with Crippen LogP contribution in [0.1, 0.15) is 52.4 Å². The first-order valence-corrected chi connectivity index (χ1v) is 8.47. The van der Waals surface area contributed by atoms with E-state index in [1.165, 1.54) is 6.42 Å². The fourth-order valence-electron chi connectivity index (χ4n) is 3.12. The smallest absolute Gasteiger partial charge is 0.334 e. The highest BCUT2D eigenvalue weighted by Crippen LogP contribution is 2.21. The van der Waals surface area contributed by atoms with E-state index in [9.17, 15) is 19.2 Å². The zero-order valence-corrected chi connectivity index (χ0v) is 14.2. The standard InChI is InChI=1S/C16H25N3O5/c1-11-4-3-5-12(2)18(11)10-13(20)17-9-8-16(23)24-19-14(21)6-7-15(19)22/h11-12H,3-10H2,1-2H3,(H,17,20)/i1+1,2+1,9+1,13+1,17+1,18+1. The fraction of sp³-hybridized carbons (Fsp3) is 0.750. The van der Waals surface area contributed by atoms with Gasteiger partial charge in [-0.05, 0) is 26.7 Å². The molecule has 2 fully saturated rings. The van der Waals surface area contributed by atoms with Crippen molar-refractivity contribution in [2.75, 3.05) is 13.1 Å². The van der Waals surface area contributed by atoms with Crippen LogP contribution in [0, 0.1) is 0 Å². The largest absolute Gasteiger partial charge is 0.354 e. The molecule has 2 atom stereocenters. The summed E-state index contributed by atoms with van der Waals surface area (Å²) in [4.78, 5) is 53.2. The summed E-state index contributed by atoms with van der Waals surface area (Å²) in [5, 5.41) is 3.19. The van der Waals surface area contributed by atoms with E-state index in [0.717, 1.165) is 12.8 Å². The minimum absolute atomic E-state index is 0.0645. The van der Waals surface area contributed by atoms with Gasteiger partial charge in [-0.25, -0.2) is 4.79 Å². The number of nitrogens with zero attached hydrogens (tertiary/aromatic N) is 2. The quantitative estimate of drug-likeness (QED) is 0.424. The Morgan fingerprint density at radius 2 is 1.71 bits per heavy atom. The second-order valence-corrected chi connectivity index (χ2v) is 6.45. The van der Waals surface area contributed by atoms with Gasteiger partial charge in [0.15, 0.2) is 0 Å². The number of hydrogen-bond acceptors (Lipinski definition) is 6. The van der Waals surface area contributed by atoms with E-state index in [2.05, 4.69) is 24.1 Å². The Hall–Kier alpha value is -1.96. The number of amides is 3. The lowest BCUT2D eigenvalue weighted by atomic mass is 10.1. The molecule has 2 saturated heterocycles. The van der Waals surface area contributed by atoms with Crippen LogP contribution < -0.4 is 5.32 Å². The van der Waals surface area contributed by atoms with Crippen LogP contribution in [0.4, 0.5) is 0 Å². The summed E-state index contributed by atoms with van der Waals surface area (Å²) >= 11 is 0. The van der Waals surface area contributed by atoms with E-state index >= 15 is 0 Å². The third kappa shape index (κ3) is 4.77. The van der Waals surface area contributed by atoms with Gasteiger partial charge in [0.25, 0.3) is 11.8 Å². The van der Waals surface area contributed by atoms with E-state index in [-0.39, 0.29) is 31.7 Å². The van der Waals surface area contributed by atoms with Crippen molar-refractivity contribution in [2.24, 2.45) is 0 Å². The maximum absolute atomic E-state index is 12.0. The Morgan fingerprint density at radius 1 is 1.12 bits per heavy atom. The average Bonchev–Trinajstić information content (AvgIpc) is 2.83. The molecule has 0 aliphatic carbocycles. The van der Waals surface area contributed by atoms with Gasteiger partial charge in [0.05, 0.1) is 13.0 Å². The van der Waals surface area contributed by atoms with Gasteiger partial charge in [-0.15, -0.1) is 5.06 Å².